The third kappa shape index (κ3) is 2.45. The number of halogens is 1. The molecule has 1 aliphatic rings. The van der Waals surface area contributed by atoms with Crippen LogP contribution in [0.15, 0.2) is 22.7 Å². The molecule has 5 heteroatoms. The Morgan fingerprint density at radius 2 is 2.35 bits per heavy atom. The summed E-state index contributed by atoms with van der Waals surface area (Å²) >= 11 is 3.43. The van der Waals surface area contributed by atoms with Crippen LogP contribution < -0.4 is 9.64 Å². The summed E-state index contributed by atoms with van der Waals surface area (Å²) in [6.07, 6.45) is 0.403. The summed E-state index contributed by atoms with van der Waals surface area (Å²) < 4.78 is 6.00. The van der Waals surface area contributed by atoms with Gasteiger partial charge in [0.15, 0.2) is 0 Å². The van der Waals surface area contributed by atoms with Crippen LogP contribution in [0.25, 0.3) is 0 Å². The number of carbonyl (C=O) groups is 1. The zero-order valence-corrected chi connectivity index (χ0v) is 11.1. The fraction of sp³-hybridized carbons (Fsp3) is 0.417. The second-order valence-electron chi connectivity index (χ2n) is 4.07. The molecule has 1 N–H and O–H groups in total. The van der Waals surface area contributed by atoms with Gasteiger partial charge in [-0.15, -0.1) is 0 Å². The highest BCUT2D eigenvalue weighted by molar-refractivity contribution is 9.10. The van der Waals surface area contributed by atoms with Crippen LogP contribution in [-0.2, 0) is 4.79 Å². The smallest absolute Gasteiger partial charge is 0.227 e. The fourth-order valence-electron chi connectivity index (χ4n) is 1.96. The second-order valence-corrected chi connectivity index (χ2v) is 4.93. The molecule has 1 heterocycles. The molecule has 1 saturated heterocycles. The predicted octanol–water partition coefficient (Wildman–Crippen LogP) is 1.80. The first-order valence-corrected chi connectivity index (χ1v) is 6.19. The van der Waals surface area contributed by atoms with Crippen LogP contribution in [0.1, 0.15) is 6.42 Å². The Morgan fingerprint density at radius 1 is 1.59 bits per heavy atom. The number of methoxy groups -OCH3 is 1. The summed E-state index contributed by atoms with van der Waals surface area (Å²) in [5.74, 6) is 0.780. The normalized spacial score (nSPS) is 19.8. The molecule has 4 nitrogen and oxygen atoms in total. The lowest BCUT2D eigenvalue weighted by atomic mass is 10.1. The number of aliphatic hydroxyl groups excluding tert-OH is 1. The molecule has 0 aliphatic carbocycles. The molecule has 92 valence electrons. The van der Waals surface area contributed by atoms with Gasteiger partial charge in [0.05, 0.1) is 12.8 Å². The molecule has 0 aromatic heterocycles. The maximum absolute atomic E-state index is 11.8. The van der Waals surface area contributed by atoms with Crippen LogP contribution in [0.2, 0.25) is 0 Å². The zero-order chi connectivity index (χ0) is 12.4. The number of nitrogens with zero attached hydrogens (tertiary/aromatic N) is 1. The lowest BCUT2D eigenvalue weighted by Gasteiger charge is -2.18. The van der Waals surface area contributed by atoms with Gasteiger partial charge in [-0.05, 0) is 28.1 Å². The summed E-state index contributed by atoms with van der Waals surface area (Å²) in [6, 6.07) is 5.51. The number of hydrogen-bond acceptors (Lipinski definition) is 3. The maximum Gasteiger partial charge on any atom is 0.227 e. The van der Waals surface area contributed by atoms with Gasteiger partial charge in [-0.3, -0.25) is 4.79 Å². The van der Waals surface area contributed by atoms with Gasteiger partial charge in [0.1, 0.15) is 5.75 Å². The van der Waals surface area contributed by atoms with Crippen molar-refractivity contribution in [1.82, 2.24) is 0 Å². The van der Waals surface area contributed by atoms with Gasteiger partial charge in [0.25, 0.3) is 0 Å². The van der Waals surface area contributed by atoms with E-state index in [4.69, 9.17) is 9.84 Å². The van der Waals surface area contributed by atoms with Crippen molar-refractivity contribution in [3.8, 4) is 5.75 Å². The third-order valence-corrected chi connectivity index (χ3v) is 3.58. The minimum Gasteiger partial charge on any atom is -0.497 e. The molecule has 1 aliphatic heterocycles. The van der Waals surface area contributed by atoms with E-state index in [2.05, 4.69) is 15.9 Å². The number of ether oxygens (including phenoxy) is 1. The Balaban J connectivity index is 2.30. The van der Waals surface area contributed by atoms with Crippen molar-refractivity contribution in [1.29, 1.82) is 0 Å². The predicted molar refractivity (Wildman–Crippen MR) is 68.2 cm³/mol. The molecule has 1 fully saturated rings. The second kappa shape index (κ2) is 5.06. The van der Waals surface area contributed by atoms with Crippen molar-refractivity contribution in [2.75, 3.05) is 25.2 Å². The Kier molecular flexibility index (Phi) is 3.69. The molecule has 1 unspecified atom stereocenters. The first kappa shape index (κ1) is 12.4. The molecule has 1 atom stereocenters. The average Bonchev–Trinajstić information content (AvgIpc) is 2.71. The Morgan fingerprint density at radius 3 is 2.94 bits per heavy atom. The average molecular weight is 300 g/mol. The summed E-state index contributed by atoms with van der Waals surface area (Å²) in [5, 5.41) is 9.10. The van der Waals surface area contributed by atoms with Gasteiger partial charge in [0.2, 0.25) is 5.91 Å². The highest BCUT2D eigenvalue weighted by atomic mass is 79.9. The van der Waals surface area contributed by atoms with Gasteiger partial charge in [-0.2, -0.15) is 0 Å². The molecule has 0 saturated carbocycles. The van der Waals surface area contributed by atoms with Crippen LogP contribution in [-0.4, -0.2) is 31.3 Å². The van der Waals surface area contributed by atoms with E-state index in [1.165, 1.54) is 0 Å². The van der Waals surface area contributed by atoms with Crippen molar-refractivity contribution in [3.05, 3.63) is 22.7 Å². The summed E-state index contributed by atoms with van der Waals surface area (Å²) in [6.45, 7) is 0.602. The van der Waals surface area contributed by atoms with Crippen LogP contribution in [0, 0.1) is 5.92 Å². The molecular formula is C12H14BrNO3. The van der Waals surface area contributed by atoms with Crippen LogP contribution in [0.4, 0.5) is 5.69 Å². The van der Waals surface area contributed by atoms with Crippen molar-refractivity contribution in [2.24, 2.45) is 5.92 Å². The largest absolute Gasteiger partial charge is 0.497 e. The van der Waals surface area contributed by atoms with E-state index in [1.807, 2.05) is 18.2 Å². The van der Waals surface area contributed by atoms with Crippen molar-refractivity contribution >= 4 is 27.5 Å². The van der Waals surface area contributed by atoms with Crippen molar-refractivity contribution in [2.45, 2.75) is 6.42 Å². The number of rotatable bonds is 3. The highest BCUT2D eigenvalue weighted by Gasteiger charge is 2.31. The van der Waals surface area contributed by atoms with Gasteiger partial charge >= 0.3 is 0 Å². The van der Waals surface area contributed by atoms with E-state index >= 15 is 0 Å². The van der Waals surface area contributed by atoms with Crippen molar-refractivity contribution in [3.63, 3.8) is 0 Å². The zero-order valence-electron chi connectivity index (χ0n) is 9.52. The van der Waals surface area contributed by atoms with Gasteiger partial charge < -0.3 is 14.7 Å². The number of carbonyl (C=O) groups excluding carboxylic acids is 1. The van der Waals surface area contributed by atoms with Crippen molar-refractivity contribution < 1.29 is 14.6 Å². The Labute approximate surface area is 108 Å². The molecule has 1 amide bonds. The highest BCUT2D eigenvalue weighted by Crippen LogP contribution is 2.34. The van der Waals surface area contributed by atoms with Crippen LogP contribution in [0.3, 0.4) is 0 Å². The molecular weight excluding hydrogens is 286 g/mol. The number of hydrogen-bond donors (Lipinski definition) is 1. The SMILES string of the molecule is COc1ccc(Br)c(N2CC(CO)CC2=O)c1. The van der Waals surface area contributed by atoms with Crippen LogP contribution >= 0.6 is 15.9 Å². The summed E-state index contributed by atoms with van der Waals surface area (Å²) in [4.78, 5) is 13.5. The Bertz CT molecular complexity index is 436. The quantitative estimate of drug-likeness (QED) is 0.926. The molecule has 0 bridgehead atoms. The lowest BCUT2D eigenvalue weighted by molar-refractivity contribution is -0.117. The van der Waals surface area contributed by atoms with Gasteiger partial charge in [0, 0.05) is 36.0 Å². The Hall–Kier alpha value is -1.07. The molecule has 2 rings (SSSR count). The molecule has 17 heavy (non-hydrogen) atoms. The van der Waals surface area contributed by atoms with E-state index in [0.29, 0.717) is 18.7 Å². The van der Waals surface area contributed by atoms with E-state index < -0.39 is 0 Å². The van der Waals surface area contributed by atoms with E-state index in [1.54, 1.807) is 12.0 Å². The maximum atomic E-state index is 11.8. The standard InChI is InChI=1S/C12H14BrNO3/c1-17-9-2-3-10(13)11(5-9)14-6-8(7-15)4-12(14)16/h2-3,5,8,15H,4,6-7H2,1H3. The number of aliphatic hydroxyl groups is 1. The monoisotopic (exact) mass is 299 g/mol. The molecule has 1 aromatic carbocycles. The molecule has 1 aromatic rings. The molecule has 0 spiro atoms. The number of benzene rings is 1. The summed E-state index contributed by atoms with van der Waals surface area (Å²) in [7, 11) is 1.59. The number of amides is 1. The number of anilines is 1. The van der Waals surface area contributed by atoms with E-state index in [9.17, 15) is 4.79 Å². The topological polar surface area (TPSA) is 49.8 Å². The minimum atomic E-state index is 0.0283. The third-order valence-electron chi connectivity index (χ3n) is 2.91. The van der Waals surface area contributed by atoms with Crippen LogP contribution in [0.5, 0.6) is 5.75 Å². The van der Waals surface area contributed by atoms with E-state index in [0.717, 1.165) is 10.2 Å². The van der Waals surface area contributed by atoms with E-state index in [-0.39, 0.29) is 18.4 Å². The summed E-state index contributed by atoms with van der Waals surface area (Å²) in [5.41, 5.74) is 0.797. The lowest BCUT2D eigenvalue weighted by Crippen LogP contribution is -2.25. The van der Waals surface area contributed by atoms with Gasteiger partial charge in [-0.25, -0.2) is 0 Å². The van der Waals surface area contributed by atoms with Gasteiger partial charge in [-0.1, -0.05) is 0 Å². The minimum absolute atomic E-state index is 0.0283. The fourth-order valence-corrected chi connectivity index (χ4v) is 2.42. The first-order valence-electron chi connectivity index (χ1n) is 5.40. The first-order chi connectivity index (χ1) is 8.15. The molecule has 0 radical (unpaired) electrons.